The van der Waals surface area contributed by atoms with E-state index in [1.165, 1.54) is 29.2 Å². The van der Waals surface area contributed by atoms with Crippen molar-refractivity contribution in [3.05, 3.63) is 30.1 Å². The van der Waals surface area contributed by atoms with Gasteiger partial charge in [0.15, 0.2) is 0 Å². The molecule has 0 atom stereocenters. The van der Waals surface area contributed by atoms with Crippen molar-refractivity contribution in [1.82, 2.24) is 10.2 Å². The number of amides is 2. The molecule has 0 radical (unpaired) electrons. The minimum Gasteiger partial charge on any atom is -0.492 e. The number of nitrogens with zero attached hydrogens (tertiary/aromatic N) is 1. The average molecular weight is 320 g/mol. The number of nitrogens with one attached hydrogen (secondary N) is 1. The first kappa shape index (κ1) is 19.1. The zero-order chi connectivity index (χ0) is 15.0. The maximum atomic E-state index is 12.7. The molecule has 0 heterocycles. The van der Waals surface area contributed by atoms with Gasteiger partial charge >= 0.3 is 0 Å². The van der Waals surface area contributed by atoms with Crippen molar-refractivity contribution in [2.45, 2.75) is 0 Å². The molecule has 1 aromatic carbocycles. The lowest BCUT2D eigenvalue weighted by molar-refractivity contribution is -0.131. The Bertz CT molecular complexity index is 456. The topological polar surface area (TPSA) is 84.7 Å². The van der Waals surface area contributed by atoms with Gasteiger partial charge in [-0.05, 0) is 24.3 Å². The van der Waals surface area contributed by atoms with Gasteiger partial charge in [-0.25, -0.2) is 4.39 Å². The lowest BCUT2D eigenvalue weighted by atomic mass is 10.3. The fraction of sp³-hybridized carbons (Fsp3) is 0.385. The van der Waals surface area contributed by atoms with Crippen LogP contribution in [0.4, 0.5) is 4.39 Å². The first-order chi connectivity index (χ1) is 9.52. The quantitative estimate of drug-likeness (QED) is 0.750. The van der Waals surface area contributed by atoms with E-state index in [0.717, 1.165) is 0 Å². The Kier molecular flexibility index (Phi) is 9.07. The van der Waals surface area contributed by atoms with Crippen LogP contribution in [0.1, 0.15) is 0 Å². The molecule has 0 aliphatic carbocycles. The normalized spacial score (nSPS) is 9.48. The zero-order valence-electron chi connectivity index (χ0n) is 11.7. The predicted molar refractivity (Wildman–Crippen MR) is 78.8 cm³/mol. The summed E-state index contributed by atoms with van der Waals surface area (Å²) < 4.78 is 18.0. The molecular weight excluding hydrogens is 301 g/mol. The number of rotatable bonds is 7. The molecule has 3 N–H and O–H groups in total. The van der Waals surface area contributed by atoms with Gasteiger partial charge in [-0.15, -0.1) is 12.4 Å². The second-order valence-electron chi connectivity index (χ2n) is 4.10. The predicted octanol–water partition coefficient (Wildman–Crippen LogP) is 0.160. The molecule has 0 aliphatic rings. The fourth-order valence-corrected chi connectivity index (χ4v) is 1.34. The largest absolute Gasteiger partial charge is 0.492 e. The van der Waals surface area contributed by atoms with Crippen LogP contribution in [0.5, 0.6) is 5.75 Å². The van der Waals surface area contributed by atoms with Gasteiger partial charge in [0.05, 0.1) is 19.6 Å². The Balaban J connectivity index is 0.00000400. The molecule has 0 saturated heterocycles. The van der Waals surface area contributed by atoms with Crippen LogP contribution in [0, 0.1) is 5.82 Å². The van der Waals surface area contributed by atoms with Crippen molar-refractivity contribution >= 4 is 24.2 Å². The van der Waals surface area contributed by atoms with E-state index in [1.54, 1.807) is 7.05 Å². The van der Waals surface area contributed by atoms with Crippen LogP contribution in [-0.4, -0.2) is 50.0 Å². The molecule has 6 nitrogen and oxygen atoms in total. The summed E-state index contributed by atoms with van der Waals surface area (Å²) in [4.78, 5) is 23.9. The number of hydrogen-bond acceptors (Lipinski definition) is 4. The number of carbonyl (C=O) groups is 2. The number of halogens is 2. The van der Waals surface area contributed by atoms with Gasteiger partial charge < -0.3 is 20.7 Å². The molecule has 8 heteroatoms. The summed E-state index contributed by atoms with van der Waals surface area (Å²) in [6, 6.07) is 5.62. The Morgan fingerprint density at radius 3 is 2.52 bits per heavy atom. The zero-order valence-corrected chi connectivity index (χ0v) is 12.5. The molecule has 118 valence electrons. The van der Waals surface area contributed by atoms with Gasteiger partial charge in [0.1, 0.15) is 18.2 Å². The van der Waals surface area contributed by atoms with Crippen molar-refractivity contribution in [3.8, 4) is 5.75 Å². The highest BCUT2D eigenvalue weighted by atomic mass is 35.5. The van der Waals surface area contributed by atoms with Crippen LogP contribution in [0.15, 0.2) is 24.3 Å². The standard InChI is InChI=1S/C13H18FN3O3.ClH/c1-17(13(19)9-16-12(18)8-15)6-7-20-11-4-2-10(14)3-5-11;/h2-5H,6-9,15H2,1H3,(H,16,18);1H. The third-order valence-corrected chi connectivity index (χ3v) is 2.56. The Morgan fingerprint density at radius 1 is 1.33 bits per heavy atom. The van der Waals surface area contributed by atoms with Crippen molar-refractivity contribution in [1.29, 1.82) is 0 Å². The van der Waals surface area contributed by atoms with Gasteiger partial charge in [-0.1, -0.05) is 0 Å². The first-order valence-corrected chi connectivity index (χ1v) is 6.12. The summed E-state index contributed by atoms with van der Waals surface area (Å²) in [6.07, 6.45) is 0. The average Bonchev–Trinajstić information content (AvgIpc) is 2.46. The summed E-state index contributed by atoms with van der Waals surface area (Å²) >= 11 is 0. The molecule has 0 aliphatic heterocycles. The van der Waals surface area contributed by atoms with E-state index in [0.29, 0.717) is 12.3 Å². The summed E-state index contributed by atoms with van der Waals surface area (Å²) in [7, 11) is 1.60. The molecule has 21 heavy (non-hydrogen) atoms. The lowest BCUT2D eigenvalue weighted by Crippen LogP contribution is -2.41. The Labute approximate surface area is 128 Å². The van der Waals surface area contributed by atoms with E-state index in [1.807, 2.05) is 0 Å². The van der Waals surface area contributed by atoms with E-state index >= 15 is 0 Å². The highest BCUT2D eigenvalue weighted by Gasteiger charge is 2.09. The minimum absolute atomic E-state index is 0. The molecule has 0 saturated carbocycles. The number of ether oxygens (including phenoxy) is 1. The number of hydrogen-bond donors (Lipinski definition) is 2. The van der Waals surface area contributed by atoms with Crippen LogP contribution in [-0.2, 0) is 9.59 Å². The fourth-order valence-electron chi connectivity index (χ4n) is 1.34. The van der Waals surface area contributed by atoms with Gasteiger partial charge in [-0.3, -0.25) is 9.59 Å². The molecule has 1 rings (SSSR count). The SMILES string of the molecule is CN(CCOc1ccc(F)cc1)C(=O)CNC(=O)CN.Cl. The van der Waals surface area contributed by atoms with Crippen LogP contribution >= 0.6 is 12.4 Å². The maximum Gasteiger partial charge on any atom is 0.241 e. The number of benzene rings is 1. The molecule has 0 fully saturated rings. The van der Waals surface area contributed by atoms with Crippen LogP contribution < -0.4 is 15.8 Å². The monoisotopic (exact) mass is 319 g/mol. The van der Waals surface area contributed by atoms with Crippen molar-refractivity contribution in [3.63, 3.8) is 0 Å². The van der Waals surface area contributed by atoms with Gasteiger partial charge in [0, 0.05) is 7.05 Å². The van der Waals surface area contributed by atoms with Crippen molar-refractivity contribution in [2.24, 2.45) is 5.73 Å². The highest BCUT2D eigenvalue weighted by molar-refractivity contribution is 5.85. The number of carbonyl (C=O) groups excluding carboxylic acids is 2. The lowest BCUT2D eigenvalue weighted by Gasteiger charge is -2.17. The summed E-state index contributed by atoms with van der Waals surface area (Å²) in [5.74, 6) is -0.423. The van der Waals surface area contributed by atoms with Gasteiger partial charge in [0.2, 0.25) is 11.8 Å². The number of nitrogens with two attached hydrogens (primary N) is 1. The highest BCUT2D eigenvalue weighted by Crippen LogP contribution is 2.10. The van der Waals surface area contributed by atoms with E-state index in [4.69, 9.17) is 10.5 Å². The van der Waals surface area contributed by atoms with Crippen molar-refractivity contribution in [2.75, 3.05) is 33.3 Å². The van der Waals surface area contributed by atoms with E-state index < -0.39 is 0 Å². The van der Waals surface area contributed by atoms with Crippen LogP contribution in [0.25, 0.3) is 0 Å². The smallest absolute Gasteiger partial charge is 0.241 e. The first-order valence-electron chi connectivity index (χ1n) is 6.12. The molecule has 1 aromatic rings. The minimum atomic E-state index is -0.380. The molecule has 0 unspecified atom stereocenters. The summed E-state index contributed by atoms with van der Waals surface area (Å²) in [6.45, 7) is 0.390. The van der Waals surface area contributed by atoms with Crippen molar-refractivity contribution < 1.29 is 18.7 Å². The van der Waals surface area contributed by atoms with Crippen LogP contribution in [0.2, 0.25) is 0 Å². The van der Waals surface area contributed by atoms with E-state index in [-0.39, 0.29) is 49.7 Å². The second-order valence-corrected chi connectivity index (χ2v) is 4.10. The summed E-state index contributed by atoms with van der Waals surface area (Å²) in [5.41, 5.74) is 5.11. The molecule has 2 amide bonds. The third-order valence-electron chi connectivity index (χ3n) is 2.56. The Hall–Kier alpha value is -1.86. The number of likely N-dealkylation sites (N-methyl/N-ethyl adjacent to an activating group) is 1. The van der Waals surface area contributed by atoms with Gasteiger partial charge in [0.25, 0.3) is 0 Å². The molecular formula is C13H19ClFN3O3. The molecule has 0 bridgehead atoms. The third kappa shape index (κ3) is 7.48. The molecule has 0 aromatic heterocycles. The van der Waals surface area contributed by atoms with E-state index in [2.05, 4.69) is 5.32 Å². The Morgan fingerprint density at radius 2 is 1.95 bits per heavy atom. The van der Waals surface area contributed by atoms with E-state index in [9.17, 15) is 14.0 Å². The van der Waals surface area contributed by atoms with Crippen LogP contribution in [0.3, 0.4) is 0 Å². The maximum absolute atomic E-state index is 12.7. The summed E-state index contributed by atoms with van der Waals surface area (Å²) in [5, 5.41) is 2.39. The molecule has 0 spiro atoms. The second kappa shape index (κ2) is 9.95. The van der Waals surface area contributed by atoms with Gasteiger partial charge in [-0.2, -0.15) is 0 Å².